The molecule has 0 N–H and O–H groups in total. The van der Waals surface area contributed by atoms with Gasteiger partial charge in [-0.15, -0.1) is 24.5 Å². The van der Waals surface area contributed by atoms with Crippen molar-refractivity contribution in [1.82, 2.24) is 0 Å². The van der Waals surface area contributed by atoms with E-state index in [4.69, 9.17) is 9.47 Å². The van der Waals surface area contributed by atoms with Crippen molar-refractivity contribution in [3.63, 3.8) is 0 Å². The van der Waals surface area contributed by atoms with E-state index in [9.17, 15) is 22.8 Å². The summed E-state index contributed by atoms with van der Waals surface area (Å²) in [6.07, 6.45) is -3.68. The number of fused-ring (bicyclic) bond motifs is 3. The van der Waals surface area contributed by atoms with Crippen LogP contribution in [0.4, 0.5) is 13.2 Å². The van der Waals surface area contributed by atoms with E-state index in [1.165, 1.54) is 6.92 Å². The van der Waals surface area contributed by atoms with Crippen LogP contribution in [0, 0.1) is 0 Å². The summed E-state index contributed by atoms with van der Waals surface area (Å²) in [4.78, 5) is 23.4. The van der Waals surface area contributed by atoms with Gasteiger partial charge in [-0.05, 0) is 62.1 Å². The molecule has 4 rings (SSSR count). The van der Waals surface area contributed by atoms with Gasteiger partial charge in [-0.2, -0.15) is 0 Å². The number of esters is 2. The highest BCUT2D eigenvalue weighted by atomic mass is 32.1. The topological polar surface area (TPSA) is 61.8 Å². The standard InChI is InChI=1S/C30H25F3O5S/c1-17(2)28(34)36-15-5-6-19-7-9-20(10-8-19)22-13-14-24-23-12-11-21(37-29(35)18(3)4)16-25(23)39-27(24)26(22)38-30(31,32)33/h7-14,16H,1,3,5-6,15H2,2,4H3. The molecular weight excluding hydrogens is 529 g/mol. The third-order valence-electron chi connectivity index (χ3n) is 5.80. The molecule has 4 aromatic rings. The number of rotatable bonds is 9. The summed E-state index contributed by atoms with van der Waals surface area (Å²) in [7, 11) is 0. The Bertz CT molecular complexity index is 1580. The summed E-state index contributed by atoms with van der Waals surface area (Å²) in [6, 6.07) is 15.4. The third-order valence-corrected chi connectivity index (χ3v) is 6.97. The van der Waals surface area contributed by atoms with E-state index in [1.54, 1.807) is 49.4 Å². The van der Waals surface area contributed by atoms with E-state index in [0.717, 1.165) is 16.9 Å². The molecule has 0 saturated heterocycles. The summed E-state index contributed by atoms with van der Waals surface area (Å²) in [5, 5.41) is 1.31. The minimum absolute atomic E-state index is 0.231. The van der Waals surface area contributed by atoms with Gasteiger partial charge in [-0.1, -0.05) is 43.5 Å². The summed E-state index contributed by atoms with van der Waals surface area (Å²) in [6.45, 7) is 10.4. The Morgan fingerprint density at radius 1 is 0.897 bits per heavy atom. The number of alkyl halides is 3. The van der Waals surface area contributed by atoms with Crippen LogP contribution in [0.25, 0.3) is 31.3 Å². The molecule has 0 aliphatic carbocycles. The predicted octanol–water partition coefficient (Wildman–Crippen LogP) is 8.15. The molecule has 3 aromatic carbocycles. The van der Waals surface area contributed by atoms with Gasteiger partial charge in [0.15, 0.2) is 5.75 Å². The maximum absolute atomic E-state index is 13.5. The molecule has 0 radical (unpaired) electrons. The third kappa shape index (κ3) is 6.67. The van der Waals surface area contributed by atoms with Crippen LogP contribution >= 0.6 is 11.3 Å². The number of carbonyl (C=O) groups is 2. The van der Waals surface area contributed by atoms with Gasteiger partial charge in [0, 0.05) is 32.2 Å². The molecule has 0 atom stereocenters. The second kappa shape index (κ2) is 11.3. The molecule has 39 heavy (non-hydrogen) atoms. The average molecular weight is 555 g/mol. The predicted molar refractivity (Wildman–Crippen MR) is 146 cm³/mol. The second-order valence-electron chi connectivity index (χ2n) is 9.01. The van der Waals surface area contributed by atoms with Crippen molar-refractivity contribution in [3.8, 4) is 22.6 Å². The lowest BCUT2D eigenvalue weighted by atomic mass is 10.00. The van der Waals surface area contributed by atoms with Gasteiger partial charge in [0.1, 0.15) is 5.75 Å². The summed E-state index contributed by atoms with van der Waals surface area (Å²) in [5.74, 6) is -1.05. The Hall–Kier alpha value is -4.11. The summed E-state index contributed by atoms with van der Waals surface area (Å²) in [5.41, 5.74) is 2.36. The fourth-order valence-corrected chi connectivity index (χ4v) is 5.13. The van der Waals surface area contributed by atoms with Crippen LogP contribution in [0.3, 0.4) is 0 Å². The van der Waals surface area contributed by atoms with E-state index in [0.29, 0.717) is 49.7 Å². The van der Waals surface area contributed by atoms with E-state index in [2.05, 4.69) is 17.9 Å². The summed E-state index contributed by atoms with van der Waals surface area (Å²) < 4.78 is 56.5. The molecule has 0 saturated carbocycles. The Balaban J connectivity index is 1.65. The highest BCUT2D eigenvalue weighted by Crippen LogP contribution is 2.46. The molecule has 202 valence electrons. The van der Waals surface area contributed by atoms with Gasteiger partial charge >= 0.3 is 18.3 Å². The highest BCUT2D eigenvalue weighted by Gasteiger charge is 2.34. The van der Waals surface area contributed by atoms with Crippen molar-refractivity contribution >= 4 is 43.4 Å². The first-order chi connectivity index (χ1) is 18.4. The Morgan fingerprint density at radius 3 is 2.21 bits per heavy atom. The number of aryl methyl sites for hydroxylation is 1. The number of thiophene rings is 1. The molecule has 0 aliphatic rings. The smallest absolute Gasteiger partial charge is 0.462 e. The van der Waals surface area contributed by atoms with Crippen molar-refractivity contribution in [1.29, 1.82) is 0 Å². The number of benzene rings is 3. The quantitative estimate of drug-likeness (QED) is 0.0904. The normalized spacial score (nSPS) is 11.4. The van der Waals surface area contributed by atoms with Crippen LogP contribution in [0.1, 0.15) is 25.8 Å². The lowest BCUT2D eigenvalue weighted by Crippen LogP contribution is -2.17. The first-order valence-electron chi connectivity index (χ1n) is 12.0. The average Bonchev–Trinajstić information content (AvgIpc) is 3.24. The highest BCUT2D eigenvalue weighted by molar-refractivity contribution is 7.26. The van der Waals surface area contributed by atoms with Gasteiger partial charge in [0.2, 0.25) is 0 Å². The van der Waals surface area contributed by atoms with Crippen molar-refractivity contribution in [2.45, 2.75) is 33.1 Å². The van der Waals surface area contributed by atoms with E-state index < -0.39 is 18.3 Å². The van der Waals surface area contributed by atoms with Gasteiger partial charge in [0.25, 0.3) is 0 Å². The molecule has 9 heteroatoms. The molecule has 0 aliphatic heterocycles. The second-order valence-corrected chi connectivity index (χ2v) is 10.1. The largest absolute Gasteiger partial charge is 0.573 e. The molecule has 1 aromatic heterocycles. The zero-order valence-corrected chi connectivity index (χ0v) is 22.1. The zero-order valence-electron chi connectivity index (χ0n) is 21.3. The van der Waals surface area contributed by atoms with Crippen LogP contribution in [-0.4, -0.2) is 24.9 Å². The minimum atomic E-state index is -4.90. The van der Waals surface area contributed by atoms with Crippen molar-refractivity contribution in [2.75, 3.05) is 6.61 Å². The Morgan fingerprint density at radius 2 is 1.56 bits per heavy atom. The number of halogens is 3. The Labute approximate surface area is 227 Å². The van der Waals surface area contributed by atoms with E-state index in [-0.39, 0.29) is 23.7 Å². The van der Waals surface area contributed by atoms with Crippen LogP contribution in [-0.2, 0) is 20.7 Å². The molecule has 0 spiro atoms. The number of hydrogen-bond donors (Lipinski definition) is 0. The Kier molecular flexibility index (Phi) is 8.11. The molecule has 1 heterocycles. The number of ether oxygens (including phenoxy) is 3. The maximum Gasteiger partial charge on any atom is 0.573 e. The zero-order chi connectivity index (χ0) is 28.3. The van der Waals surface area contributed by atoms with Crippen molar-refractivity contribution < 1.29 is 37.0 Å². The van der Waals surface area contributed by atoms with Crippen LogP contribution < -0.4 is 9.47 Å². The lowest BCUT2D eigenvalue weighted by molar-refractivity contribution is -0.273. The first kappa shape index (κ1) is 27.9. The maximum atomic E-state index is 13.5. The van der Waals surface area contributed by atoms with E-state index >= 15 is 0 Å². The van der Waals surface area contributed by atoms with Crippen LogP contribution in [0.2, 0.25) is 0 Å². The summed E-state index contributed by atoms with van der Waals surface area (Å²) >= 11 is 1.12. The molecule has 0 unspecified atom stereocenters. The molecule has 0 amide bonds. The molecule has 0 bridgehead atoms. The SMILES string of the molecule is C=C(C)C(=O)OCCCc1ccc(-c2ccc3c(sc4cc(OC(=O)C(=C)C)ccc43)c2OC(F)(F)F)cc1. The van der Waals surface area contributed by atoms with Gasteiger partial charge in [-0.25, -0.2) is 9.59 Å². The monoisotopic (exact) mass is 554 g/mol. The first-order valence-corrected chi connectivity index (χ1v) is 12.8. The molecule has 0 fully saturated rings. The number of carbonyl (C=O) groups excluding carboxylic acids is 2. The van der Waals surface area contributed by atoms with Gasteiger partial charge in [0.05, 0.1) is 11.3 Å². The van der Waals surface area contributed by atoms with Gasteiger partial charge in [-0.3, -0.25) is 0 Å². The molecule has 5 nitrogen and oxygen atoms in total. The van der Waals surface area contributed by atoms with Crippen molar-refractivity contribution in [3.05, 3.63) is 84.5 Å². The van der Waals surface area contributed by atoms with Crippen molar-refractivity contribution in [2.24, 2.45) is 0 Å². The van der Waals surface area contributed by atoms with Crippen LogP contribution in [0.5, 0.6) is 11.5 Å². The fraction of sp³-hybridized carbons (Fsp3) is 0.200. The number of hydrogen-bond acceptors (Lipinski definition) is 6. The lowest BCUT2D eigenvalue weighted by Gasteiger charge is -2.15. The van der Waals surface area contributed by atoms with Crippen LogP contribution in [0.15, 0.2) is 78.9 Å². The van der Waals surface area contributed by atoms with Gasteiger partial charge < -0.3 is 14.2 Å². The molecular formula is C30H25F3O5S. The van der Waals surface area contributed by atoms with E-state index in [1.807, 2.05) is 12.1 Å². The minimum Gasteiger partial charge on any atom is -0.462 e. The fourth-order valence-electron chi connectivity index (χ4n) is 3.91.